The Labute approximate surface area is 161 Å². The molecule has 0 bridgehead atoms. The summed E-state index contributed by atoms with van der Waals surface area (Å²) in [5, 5.41) is 4.39. The first-order chi connectivity index (χ1) is 11.1. The fraction of sp³-hybridized carbons (Fsp3) is 0.632. The molecule has 0 unspecified atom stereocenters. The van der Waals surface area contributed by atoms with E-state index >= 15 is 0 Å². The molecule has 1 aromatic rings. The van der Waals surface area contributed by atoms with Gasteiger partial charge >= 0.3 is 0 Å². The summed E-state index contributed by atoms with van der Waals surface area (Å²) < 4.78 is 11.7. The molecule has 3 nitrogen and oxygen atoms in total. The van der Waals surface area contributed by atoms with Crippen LogP contribution >= 0.6 is 11.6 Å². The number of nitrogens with zero attached hydrogens (tertiary/aromatic N) is 1. The van der Waals surface area contributed by atoms with Crippen molar-refractivity contribution in [2.45, 2.75) is 77.8 Å². The van der Waals surface area contributed by atoms with E-state index in [1.54, 1.807) is 0 Å². The second-order valence-electron chi connectivity index (χ2n) is 9.72. The van der Waals surface area contributed by atoms with Crippen LogP contribution in [0, 0.1) is 0 Å². The number of anilines is 1. The van der Waals surface area contributed by atoms with Crippen molar-refractivity contribution in [3.63, 3.8) is 0 Å². The largest absolute Gasteiger partial charge is 0.519 e. The second-order valence-corrected chi connectivity index (χ2v) is 19.7. The highest BCUT2D eigenvalue weighted by Crippen LogP contribution is 2.39. The molecule has 0 saturated carbocycles. The third-order valence-corrected chi connectivity index (χ3v) is 14.5. The van der Waals surface area contributed by atoms with Crippen LogP contribution in [-0.4, -0.2) is 22.6 Å². The summed E-state index contributed by atoms with van der Waals surface area (Å²) >= 11 is 6.01. The van der Waals surface area contributed by atoms with Gasteiger partial charge in [-0.2, -0.15) is 0 Å². The van der Waals surface area contributed by atoms with E-state index in [2.05, 4.69) is 73.0 Å². The number of nitrogens with one attached hydrogen (secondary N) is 1. The van der Waals surface area contributed by atoms with E-state index in [1.807, 2.05) is 24.3 Å². The minimum atomic E-state index is -1.99. The van der Waals surface area contributed by atoms with Gasteiger partial charge in [-0.05, 0) is 60.5 Å². The highest BCUT2D eigenvalue weighted by Gasteiger charge is 2.41. The molecule has 0 heterocycles. The molecule has 142 valence electrons. The molecule has 0 spiro atoms. The number of amidine groups is 1. The van der Waals surface area contributed by atoms with Crippen LogP contribution in [0.5, 0.6) is 0 Å². The molecular weight excluding hydrogens is 364 g/mol. The predicted molar refractivity (Wildman–Crippen MR) is 118 cm³/mol. The molecule has 25 heavy (non-hydrogen) atoms. The number of benzene rings is 1. The third kappa shape index (κ3) is 6.15. The van der Waals surface area contributed by atoms with Crippen LogP contribution in [0.3, 0.4) is 0 Å². The van der Waals surface area contributed by atoms with Crippen LogP contribution in [0.4, 0.5) is 5.69 Å². The fourth-order valence-electron chi connectivity index (χ4n) is 1.55. The summed E-state index contributed by atoms with van der Waals surface area (Å²) in [4.78, 5) is 0. The normalized spacial score (nSPS) is 14.4. The summed E-state index contributed by atoms with van der Waals surface area (Å²) in [6.07, 6.45) is 0. The van der Waals surface area contributed by atoms with Crippen LogP contribution in [0.25, 0.3) is 0 Å². The van der Waals surface area contributed by atoms with E-state index in [-0.39, 0.29) is 10.1 Å². The highest BCUT2D eigenvalue weighted by atomic mass is 35.5. The molecule has 0 fully saturated rings. The minimum absolute atomic E-state index is 0.114. The maximum atomic E-state index is 6.55. The van der Waals surface area contributed by atoms with E-state index in [1.165, 1.54) is 0 Å². The Hall–Kier alpha value is -0.786. The number of halogens is 1. The lowest BCUT2D eigenvalue weighted by molar-refractivity contribution is 0.484. The molecule has 0 aliphatic heterocycles. The van der Waals surface area contributed by atoms with Crippen molar-refractivity contribution < 1.29 is 4.43 Å². The van der Waals surface area contributed by atoms with Crippen LogP contribution in [0.15, 0.2) is 28.9 Å². The minimum Gasteiger partial charge on any atom is -0.519 e. The lowest BCUT2D eigenvalue weighted by Gasteiger charge is -2.38. The van der Waals surface area contributed by atoms with Crippen LogP contribution in [-0.2, 0) is 4.43 Å². The first kappa shape index (κ1) is 22.3. The van der Waals surface area contributed by atoms with Crippen molar-refractivity contribution in [2.24, 2.45) is 4.66 Å². The Morgan fingerprint density at radius 3 is 1.80 bits per heavy atom. The topological polar surface area (TPSA) is 33.6 Å². The molecule has 0 aliphatic rings. The van der Waals surface area contributed by atoms with Gasteiger partial charge in [0.2, 0.25) is 0 Å². The van der Waals surface area contributed by atoms with Gasteiger partial charge in [0.15, 0.2) is 8.24 Å². The van der Waals surface area contributed by atoms with Gasteiger partial charge in [0.1, 0.15) is 0 Å². The zero-order chi connectivity index (χ0) is 19.7. The average molecular weight is 399 g/mol. The average Bonchev–Trinajstić information content (AvgIpc) is 2.37. The SMILES string of the molecule is CC(C)(C)[Si](C)(C)/N=C(\Nc1ccc(Cl)cc1)O[Si](C)(C)C(C)(C)C. The smallest absolute Gasteiger partial charge is 0.265 e. The Morgan fingerprint density at radius 2 is 1.40 bits per heavy atom. The van der Waals surface area contributed by atoms with E-state index < -0.39 is 16.6 Å². The molecule has 0 amide bonds. The molecule has 0 aliphatic carbocycles. The quantitative estimate of drug-likeness (QED) is 0.333. The lowest BCUT2D eigenvalue weighted by Crippen LogP contribution is -2.46. The Morgan fingerprint density at radius 1 is 0.920 bits per heavy atom. The van der Waals surface area contributed by atoms with Gasteiger partial charge in [-0.1, -0.05) is 53.1 Å². The molecule has 1 N–H and O–H groups in total. The van der Waals surface area contributed by atoms with Gasteiger partial charge in [-0.25, -0.2) is 0 Å². The van der Waals surface area contributed by atoms with Gasteiger partial charge in [0, 0.05) is 10.7 Å². The molecule has 0 radical (unpaired) electrons. The van der Waals surface area contributed by atoms with Crippen molar-refractivity contribution in [2.75, 3.05) is 5.32 Å². The number of rotatable bonds is 3. The van der Waals surface area contributed by atoms with Crippen LogP contribution in [0.2, 0.25) is 41.3 Å². The van der Waals surface area contributed by atoms with Gasteiger partial charge in [-0.3, -0.25) is 4.66 Å². The summed E-state index contributed by atoms with van der Waals surface area (Å²) in [7, 11) is -3.88. The van der Waals surface area contributed by atoms with Gasteiger partial charge in [0.05, 0.1) is 0 Å². The summed E-state index contributed by atoms with van der Waals surface area (Å²) in [6.45, 7) is 22.6. The summed E-state index contributed by atoms with van der Waals surface area (Å²) in [6, 6.07) is 8.32. The molecule has 1 rings (SSSR count). The van der Waals surface area contributed by atoms with E-state index in [4.69, 9.17) is 20.7 Å². The number of hydrogen-bond acceptors (Lipinski definition) is 2. The highest BCUT2D eigenvalue weighted by molar-refractivity contribution is 6.80. The van der Waals surface area contributed by atoms with Crippen LogP contribution < -0.4 is 5.32 Å². The van der Waals surface area contributed by atoms with Gasteiger partial charge in [0.25, 0.3) is 14.3 Å². The van der Waals surface area contributed by atoms with Gasteiger partial charge < -0.3 is 9.74 Å². The summed E-state index contributed by atoms with van der Waals surface area (Å²) in [5.74, 6) is 0. The first-order valence-corrected chi connectivity index (χ1v) is 15.1. The zero-order valence-electron chi connectivity index (χ0n) is 17.5. The van der Waals surface area contributed by atoms with Crippen molar-refractivity contribution in [1.29, 1.82) is 0 Å². The maximum Gasteiger partial charge on any atom is 0.265 e. The van der Waals surface area contributed by atoms with Crippen molar-refractivity contribution >= 4 is 39.9 Å². The molecule has 6 heteroatoms. The van der Waals surface area contributed by atoms with Crippen LogP contribution in [0.1, 0.15) is 41.5 Å². The maximum absolute atomic E-state index is 6.55. The Kier molecular flexibility index (Phi) is 6.63. The first-order valence-electron chi connectivity index (χ1n) is 8.87. The van der Waals surface area contributed by atoms with Gasteiger partial charge in [-0.15, -0.1) is 0 Å². The second kappa shape index (κ2) is 7.45. The monoisotopic (exact) mass is 398 g/mol. The van der Waals surface area contributed by atoms with E-state index in [0.717, 1.165) is 10.7 Å². The molecule has 0 atom stereocenters. The lowest BCUT2D eigenvalue weighted by atomic mass is 10.2. The number of hydrogen-bond donors (Lipinski definition) is 1. The Balaban J connectivity index is 3.25. The predicted octanol–water partition coefficient (Wildman–Crippen LogP) is 7.13. The third-order valence-electron chi connectivity index (χ3n) is 5.47. The molecular formula is C19H35ClN2OSi2. The summed E-state index contributed by atoms with van der Waals surface area (Å²) in [5.41, 5.74) is 0.945. The molecule has 0 aromatic heterocycles. The van der Waals surface area contributed by atoms with E-state index in [0.29, 0.717) is 6.02 Å². The zero-order valence-corrected chi connectivity index (χ0v) is 20.3. The fourth-order valence-corrected chi connectivity index (χ4v) is 3.60. The molecule has 0 saturated heterocycles. The van der Waals surface area contributed by atoms with Crippen molar-refractivity contribution in [1.82, 2.24) is 0 Å². The van der Waals surface area contributed by atoms with Crippen molar-refractivity contribution in [3.05, 3.63) is 29.3 Å². The van der Waals surface area contributed by atoms with E-state index in [9.17, 15) is 0 Å². The molecule has 1 aromatic carbocycles. The van der Waals surface area contributed by atoms with Crippen molar-refractivity contribution in [3.8, 4) is 0 Å². The standard InChI is InChI=1S/C19H35ClN2OSi2/c1-18(2,3)24(7,8)22-17(23-25(9,10)19(4,5)6)21-16-13-11-15(20)12-14-16/h11-14H,1-10H3,(H,21,22). The Bertz CT molecular complexity index is 612.